The number of nitrogens with zero attached hydrogens (tertiary/aromatic N) is 3. The number of hydroxylamine groups is 1. The summed E-state index contributed by atoms with van der Waals surface area (Å²) in [5.74, 6) is -0.517. The summed E-state index contributed by atoms with van der Waals surface area (Å²) in [5.41, 5.74) is 4.56. The Morgan fingerprint density at radius 2 is 1.68 bits per heavy atom. The molecule has 0 atom stereocenters. The van der Waals surface area contributed by atoms with Gasteiger partial charge < -0.3 is 0 Å². The second-order valence-electron chi connectivity index (χ2n) is 4.71. The SMILES string of the molecule is O=C(Cc1c(-c2ccccc2)nnn1-c1ccccc1)NO. The third-order valence-electron chi connectivity index (χ3n) is 3.26. The molecule has 0 aliphatic rings. The normalized spacial score (nSPS) is 10.4. The molecule has 0 radical (unpaired) electrons. The van der Waals surface area contributed by atoms with Crippen LogP contribution in [0.25, 0.3) is 16.9 Å². The molecule has 0 aliphatic heterocycles. The lowest BCUT2D eigenvalue weighted by Gasteiger charge is -2.07. The van der Waals surface area contributed by atoms with Gasteiger partial charge in [0.05, 0.1) is 17.8 Å². The average molecular weight is 294 g/mol. The lowest BCUT2D eigenvalue weighted by Crippen LogP contribution is -2.22. The molecule has 2 aromatic carbocycles. The van der Waals surface area contributed by atoms with E-state index in [2.05, 4.69) is 10.3 Å². The minimum Gasteiger partial charge on any atom is -0.289 e. The molecule has 0 saturated heterocycles. The van der Waals surface area contributed by atoms with E-state index < -0.39 is 5.91 Å². The summed E-state index contributed by atoms with van der Waals surface area (Å²) in [6, 6.07) is 18.9. The van der Waals surface area contributed by atoms with Gasteiger partial charge in [-0.15, -0.1) is 5.10 Å². The van der Waals surface area contributed by atoms with Gasteiger partial charge in [-0.1, -0.05) is 53.7 Å². The van der Waals surface area contributed by atoms with E-state index in [-0.39, 0.29) is 6.42 Å². The van der Waals surface area contributed by atoms with Crippen LogP contribution in [0.5, 0.6) is 0 Å². The van der Waals surface area contributed by atoms with Gasteiger partial charge in [0, 0.05) is 5.56 Å². The van der Waals surface area contributed by atoms with Crippen molar-refractivity contribution in [2.24, 2.45) is 0 Å². The van der Waals surface area contributed by atoms with Crippen LogP contribution in [0.15, 0.2) is 60.7 Å². The van der Waals surface area contributed by atoms with E-state index in [1.807, 2.05) is 60.7 Å². The van der Waals surface area contributed by atoms with Crippen molar-refractivity contribution >= 4 is 5.91 Å². The largest absolute Gasteiger partial charge is 0.289 e. The van der Waals surface area contributed by atoms with E-state index in [0.717, 1.165) is 11.3 Å². The zero-order chi connectivity index (χ0) is 15.4. The van der Waals surface area contributed by atoms with Gasteiger partial charge in [0.15, 0.2) is 0 Å². The Hall–Kier alpha value is -2.99. The summed E-state index contributed by atoms with van der Waals surface area (Å²) >= 11 is 0. The third-order valence-corrected chi connectivity index (χ3v) is 3.26. The molecule has 0 bridgehead atoms. The Balaban J connectivity index is 2.12. The molecule has 3 aromatic rings. The monoisotopic (exact) mass is 294 g/mol. The molecule has 1 aromatic heterocycles. The first-order chi connectivity index (χ1) is 10.8. The molecule has 0 aliphatic carbocycles. The fourth-order valence-electron chi connectivity index (χ4n) is 2.25. The van der Waals surface area contributed by atoms with Crippen molar-refractivity contribution in [2.45, 2.75) is 6.42 Å². The van der Waals surface area contributed by atoms with Crippen LogP contribution in [0.2, 0.25) is 0 Å². The zero-order valence-electron chi connectivity index (χ0n) is 11.7. The van der Waals surface area contributed by atoms with E-state index in [9.17, 15) is 4.79 Å². The van der Waals surface area contributed by atoms with Crippen molar-refractivity contribution in [1.29, 1.82) is 0 Å². The molecule has 0 spiro atoms. The highest BCUT2D eigenvalue weighted by atomic mass is 16.5. The molecule has 0 unspecified atom stereocenters. The Bertz CT molecular complexity index is 712. The predicted molar refractivity (Wildman–Crippen MR) is 80.4 cm³/mol. The quantitative estimate of drug-likeness (QED) is 0.569. The lowest BCUT2D eigenvalue weighted by atomic mass is 10.1. The molecule has 0 fully saturated rings. The minimum absolute atomic E-state index is 0.0252. The second kappa shape index (κ2) is 6.19. The number of hydrogen-bond acceptors (Lipinski definition) is 4. The summed E-state index contributed by atoms with van der Waals surface area (Å²) in [6.45, 7) is 0. The van der Waals surface area contributed by atoms with Crippen molar-refractivity contribution in [3.8, 4) is 16.9 Å². The number of carbonyl (C=O) groups is 1. The fraction of sp³-hybridized carbons (Fsp3) is 0.0625. The molecule has 22 heavy (non-hydrogen) atoms. The first-order valence-corrected chi connectivity index (χ1v) is 6.78. The summed E-state index contributed by atoms with van der Waals surface area (Å²) in [7, 11) is 0. The first kappa shape index (κ1) is 14.0. The van der Waals surface area contributed by atoms with Crippen LogP contribution in [0, 0.1) is 0 Å². The second-order valence-corrected chi connectivity index (χ2v) is 4.71. The maximum Gasteiger partial charge on any atom is 0.249 e. The van der Waals surface area contributed by atoms with Crippen molar-refractivity contribution in [3.63, 3.8) is 0 Å². The summed E-state index contributed by atoms with van der Waals surface area (Å²) in [5, 5.41) is 17.2. The smallest absolute Gasteiger partial charge is 0.249 e. The highest BCUT2D eigenvalue weighted by molar-refractivity contribution is 5.79. The molecular formula is C16H14N4O2. The van der Waals surface area contributed by atoms with Crippen molar-refractivity contribution in [1.82, 2.24) is 20.5 Å². The van der Waals surface area contributed by atoms with Crippen LogP contribution in [0.3, 0.4) is 0 Å². The van der Waals surface area contributed by atoms with E-state index >= 15 is 0 Å². The summed E-state index contributed by atoms with van der Waals surface area (Å²) in [4.78, 5) is 11.6. The number of carbonyl (C=O) groups excluding carboxylic acids is 1. The van der Waals surface area contributed by atoms with Gasteiger partial charge in [-0.3, -0.25) is 10.0 Å². The average Bonchev–Trinajstić information content (AvgIpc) is 3.00. The van der Waals surface area contributed by atoms with E-state index in [4.69, 9.17) is 5.21 Å². The van der Waals surface area contributed by atoms with E-state index in [0.29, 0.717) is 11.4 Å². The predicted octanol–water partition coefficient (Wildman–Crippen LogP) is 1.98. The number of hydrogen-bond donors (Lipinski definition) is 2. The number of para-hydroxylation sites is 1. The lowest BCUT2D eigenvalue weighted by molar-refractivity contribution is -0.128. The Morgan fingerprint density at radius 3 is 2.32 bits per heavy atom. The number of aromatic nitrogens is 3. The minimum atomic E-state index is -0.517. The number of rotatable bonds is 4. The van der Waals surface area contributed by atoms with Gasteiger partial charge in [-0.05, 0) is 12.1 Å². The van der Waals surface area contributed by atoms with Gasteiger partial charge in [-0.25, -0.2) is 10.2 Å². The van der Waals surface area contributed by atoms with Crippen LogP contribution in [0.1, 0.15) is 5.69 Å². The standard InChI is InChI=1S/C16H14N4O2/c21-15(18-22)11-14-16(12-7-3-1-4-8-12)17-19-20(14)13-9-5-2-6-10-13/h1-10,22H,11H2,(H,18,21). The van der Waals surface area contributed by atoms with Crippen LogP contribution >= 0.6 is 0 Å². The molecule has 110 valence electrons. The van der Waals surface area contributed by atoms with E-state index in [1.165, 1.54) is 0 Å². The molecule has 3 rings (SSSR count). The molecule has 2 N–H and O–H groups in total. The summed E-state index contributed by atoms with van der Waals surface area (Å²) in [6.07, 6.45) is -0.0252. The topological polar surface area (TPSA) is 80.0 Å². The van der Waals surface area contributed by atoms with Crippen molar-refractivity contribution in [3.05, 3.63) is 66.4 Å². The van der Waals surface area contributed by atoms with Crippen LogP contribution in [-0.2, 0) is 11.2 Å². The Labute approximate surface area is 127 Å². The van der Waals surface area contributed by atoms with Crippen LogP contribution < -0.4 is 5.48 Å². The van der Waals surface area contributed by atoms with Gasteiger partial charge in [-0.2, -0.15) is 0 Å². The van der Waals surface area contributed by atoms with Crippen molar-refractivity contribution < 1.29 is 10.0 Å². The van der Waals surface area contributed by atoms with Gasteiger partial charge in [0.1, 0.15) is 5.69 Å². The Morgan fingerprint density at radius 1 is 1.05 bits per heavy atom. The highest BCUT2D eigenvalue weighted by Gasteiger charge is 2.18. The number of benzene rings is 2. The third kappa shape index (κ3) is 2.72. The number of amides is 1. The molecule has 1 heterocycles. The zero-order valence-corrected chi connectivity index (χ0v) is 11.7. The molecule has 0 saturated carbocycles. The van der Waals surface area contributed by atoms with Crippen molar-refractivity contribution in [2.75, 3.05) is 0 Å². The van der Waals surface area contributed by atoms with Gasteiger partial charge in [0.2, 0.25) is 5.91 Å². The molecule has 1 amide bonds. The van der Waals surface area contributed by atoms with Gasteiger partial charge in [0.25, 0.3) is 0 Å². The summed E-state index contributed by atoms with van der Waals surface area (Å²) < 4.78 is 1.61. The molecular weight excluding hydrogens is 280 g/mol. The first-order valence-electron chi connectivity index (χ1n) is 6.78. The van der Waals surface area contributed by atoms with E-state index in [1.54, 1.807) is 10.2 Å². The fourth-order valence-corrected chi connectivity index (χ4v) is 2.25. The maximum absolute atomic E-state index is 11.6. The highest BCUT2D eigenvalue weighted by Crippen LogP contribution is 2.23. The molecule has 6 nitrogen and oxygen atoms in total. The maximum atomic E-state index is 11.6. The Kier molecular flexibility index (Phi) is 3.93. The van der Waals surface area contributed by atoms with Crippen LogP contribution in [0.4, 0.5) is 0 Å². The van der Waals surface area contributed by atoms with Crippen LogP contribution in [-0.4, -0.2) is 26.1 Å². The van der Waals surface area contributed by atoms with Gasteiger partial charge >= 0.3 is 0 Å². The molecule has 6 heteroatoms. The number of nitrogens with one attached hydrogen (secondary N) is 1.